The second-order valence-electron chi connectivity index (χ2n) is 10.3. The summed E-state index contributed by atoms with van der Waals surface area (Å²) in [7, 11) is 0. The van der Waals surface area contributed by atoms with E-state index in [0.29, 0.717) is 5.56 Å². The fraction of sp³-hybridized carbons (Fsp3) is 0.515. The van der Waals surface area contributed by atoms with Gasteiger partial charge in [0.05, 0.1) is 12.0 Å². The zero-order chi connectivity index (χ0) is 26.7. The predicted molar refractivity (Wildman–Crippen MR) is 160 cm³/mol. The topological polar surface area (TPSA) is 42.2 Å². The molecule has 0 saturated carbocycles. The molecule has 1 heterocycles. The van der Waals surface area contributed by atoms with Crippen LogP contribution in [0.25, 0.3) is 0 Å². The Balaban J connectivity index is 0.00000533. The normalized spacial score (nSPS) is 10.7. The van der Waals surface area contributed by atoms with Crippen LogP contribution in [-0.4, -0.2) is 12.5 Å². The molecule has 4 nitrogen and oxygen atoms in total. The number of halogens is 1. The number of amides is 1. The highest BCUT2D eigenvalue weighted by atomic mass is 79.9. The van der Waals surface area contributed by atoms with Crippen LogP contribution in [0, 0.1) is 0 Å². The third-order valence-electron chi connectivity index (χ3n) is 6.99. The van der Waals surface area contributed by atoms with Crippen molar-refractivity contribution < 1.29 is 31.1 Å². The van der Waals surface area contributed by atoms with E-state index >= 15 is 0 Å². The average molecular weight is 616 g/mol. The number of hydrogen-bond acceptors (Lipinski definition) is 3. The molecule has 0 fully saturated rings. The first kappa shape index (κ1) is 33.0. The number of ether oxygens (including phenoxy) is 1. The molecule has 6 heteroatoms. The molecule has 39 heavy (non-hydrogen) atoms. The van der Waals surface area contributed by atoms with E-state index in [1.165, 1.54) is 89.0 Å². The lowest BCUT2D eigenvalue weighted by atomic mass is 10.0. The molecule has 0 aliphatic rings. The van der Waals surface area contributed by atoms with E-state index in [9.17, 15) is 4.79 Å². The Labute approximate surface area is 251 Å². The molecule has 214 valence electrons. The molecule has 1 aromatic heterocycles. The molecule has 0 unspecified atom stereocenters. The number of nitrogens with one attached hydrogen (secondary N) is 1. The van der Waals surface area contributed by atoms with E-state index < -0.39 is 0 Å². The standard InChI is InChI=1S/C33H46N2O2S.BrH/c1-2-3-4-5-6-7-8-9-10-11-12-13-14-15-25-37-32-22-18-30(19-23-32)33(36)34-31-20-16-29(17-21-31)27-35-24-26-38-28-35;/h16-24,26,28H,2-15,25,27H2,1H3;1H. The Morgan fingerprint density at radius 1 is 0.769 bits per heavy atom. The van der Waals surface area contributed by atoms with Crippen molar-refractivity contribution >= 4 is 22.9 Å². The van der Waals surface area contributed by atoms with Crippen molar-refractivity contribution in [3.63, 3.8) is 0 Å². The van der Waals surface area contributed by atoms with Gasteiger partial charge >= 0.3 is 0 Å². The van der Waals surface area contributed by atoms with Gasteiger partial charge in [-0.3, -0.25) is 4.79 Å². The highest BCUT2D eigenvalue weighted by Gasteiger charge is 2.08. The van der Waals surface area contributed by atoms with Crippen LogP contribution in [0.1, 0.15) is 113 Å². The largest absolute Gasteiger partial charge is 1.00 e. The number of rotatable bonds is 20. The van der Waals surface area contributed by atoms with E-state index in [-0.39, 0.29) is 22.9 Å². The first-order chi connectivity index (χ1) is 18.7. The number of carbonyl (C=O) groups excluding carboxylic acids is 1. The maximum atomic E-state index is 12.6. The van der Waals surface area contributed by atoms with Crippen LogP contribution in [0.4, 0.5) is 5.69 Å². The first-order valence-electron chi connectivity index (χ1n) is 14.8. The monoisotopic (exact) mass is 614 g/mol. The number of unbranched alkanes of at least 4 members (excludes halogenated alkanes) is 13. The highest BCUT2D eigenvalue weighted by Crippen LogP contribution is 2.17. The smallest absolute Gasteiger partial charge is 0.255 e. The minimum atomic E-state index is -0.108. The second-order valence-corrected chi connectivity index (χ2v) is 11.1. The molecule has 0 bridgehead atoms. The van der Waals surface area contributed by atoms with Crippen molar-refractivity contribution in [1.29, 1.82) is 0 Å². The maximum absolute atomic E-state index is 12.6. The van der Waals surface area contributed by atoms with Crippen molar-refractivity contribution in [2.45, 2.75) is 103 Å². The molecule has 0 saturated heterocycles. The summed E-state index contributed by atoms with van der Waals surface area (Å²) in [5.74, 6) is 0.718. The number of carbonyl (C=O) groups is 1. The quantitative estimate of drug-likeness (QED) is 0.122. The molecule has 3 rings (SSSR count). The van der Waals surface area contributed by atoms with Gasteiger partial charge in [0, 0.05) is 16.8 Å². The lowest BCUT2D eigenvalue weighted by Gasteiger charge is -2.08. The second kappa shape index (κ2) is 20.7. The lowest BCUT2D eigenvalue weighted by molar-refractivity contribution is -0.683. The molecule has 0 aliphatic carbocycles. The van der Waals surface area contributed by atoms with Crippen LogP contribution in [0.5, 0.6) is 5.75 Å². The summed E-state index contributed by atoms with van der Waals surface area (Å²) >= 11 is 1.68. The van der Waals surface area contributed by atoms with Gasteiger partial charge in [0.1, 0.15) is 5.75 Å². The fourth-order valence-electron chi connectivity index (χ4n) is 4.65. The molecule has 3 aromatic rings. The van der Waals surface area contributed by atoms with Crippen molar-refractivity contribution in [3.05, 3.63) is 76.7 Å². The minimum absolute atomic E-state index is 0. The summed E-state index contributed by atoms with van der Waals surface area (Å²) in [6.45, 7) is 3.85. The van der Waals surface area contributed by atoms with Gasteiger partial charge in [0.25, 0.3) is 5.91 Å². The molecule has 2 aromatic carbocycles. The number of thiazole rings is 1. The summed E-state index contributed by atoms with van der Waals surface area (Å²) < 4.78 is 8.03. The number of nitrogens with zero attached hydrogens (tertiary/aromatic N) is 1. The molecule has 1 amide bonds. The predicted octanol–water partition coefficient (Wildman–Crippen LogP) is 6.20. The summed E-state index contributed by atoms with van der Waals surface area (Å²) in [6.07, 6.45) is 21.1. The van der Waals surface area contributed by atoms with E-state index in [1.807, 2.05) is 36.4 Å². The fourth-order valence-corrected chi connectivity index (χ4v) is 5.25. The number of hydrogen-bond donors (Lipinski definition) is 1. The summed E-state index contributed by atoms with van der Waals surface area (Å²) in [6, 6.07) is 15.4. The van der Waals surface area contributed by atoms with Crippen LogP contribution in [0.3, 0.4) is 0 Å². The van der Waals surface area contributed by atoms with Gasteiger partial charge in [0.15, 0.2) is 12.7 Å². The molecular weight excluding hydrogens is 568 g/mol. The maximum Gasteiger partial charge on any atom is 0.255 e. The van der Waals surface area contributed by atoms with Crippen molar-refractivity contribution in [2.24, 2.45) is 0 Å². The van der Waals surface area contributed by atoms with Gasteiger partial charge in [-0.25, -0.2) is 0 Å². The first-order valence-corrected chi connectivity index (χ1v) is 15.7. The van der Waals surface area contributed by atoms with Crippen LogP contribution in [-0.2, 0) is 6.54 Å². The Kier molecular flexibility index (Phi) is 17.5. The van der Waals surface area contributed by atoms with Gasteiger partial charge in [-0.15, -0.1) is 0 Å². The van der Waals surface area contributed by atoms with Crippen LogP contribution < -0.4 is 31.6 Å². The van der Waals surface area contributed by atoms with Crippen LogP contribution >= 0.6 is 11.3 Å². The van der Waals surface area contributed by atoms with Gasteiger partial charge in [-0.2, -0.15) is 4.57 Å². The van der Waals surface area contributed by atoms with Crippen molar-refractivity contribution in [2.75, 3.05) is 11.9 Å². The SMILES string of the molecule is CCCCCCCCCCCCCCCCOc1ccc(C(=O)Nc2ccc(C[n+]3ccsc3)cc2)cc1.[Br-]. The zero-order valence-corrected chi connectivity index (χ0v) is 26.1. The zero-order valence-electron chi connectivity index (χ0n) is 23.7. The lowest BCUT2D eigenvalue weighted by Crippen LogP contribution is -3.00. The molecule has 0 aliphatic heterocycles. The summed E-state index contributed by atoms with van der Waals surface area (Å²) in [4.78, 5) is 12.6. The molecule has 0 radical (unpaired) electrons. The third kappa shape index (κ3) is 14.1. The van der Waals surface area contributed by atoms with E-state index in [4.69, 9.17) is 4.74 Å². The van der Waals surface area contributed by atoms with Gasteiger partial charge < -0.3 is 27.0 Å². The van der Waals surface area contributed by atoms with Gasteiger partial charge in [-0.05, 0) is 42.8 Å². The van der Waals surface area contributed by atoms with Crippen molar-refractivity contribution in [1.82, 2.24) is 0 Å². The van der Waals surface area contributed by atoms with Crippen LogP contribution in [0.15, 0.2) is 65.6 Å². The van der Waals surface area contributed by atoms with E-state index in [2.05, 4.69) is 46.0 Å². The third-order valence-corrected chi connectivity index (χ3v) is 7.66. The van der Waals surface area contributed by atoms with E-state index in [1.54, 1.807) is 11.3 Å². The molecule has 0 spiro atoms. The van der Waals surface area contributed by atoms with Crippen LogP contribution in [0.2, 0.25) is 0 Å². The number of anilines is 1. The number of benzene rings is 2. The minimum Gasteiger partial charge on any atom is -1.00 e. The average Bonchev–Trinajstić information content (AvgIpc) is 3.45. The summed E-state index contributed by atoms with van der Waals surface area (Å²) in [5, 5.41) is 5.04. The summed E-state index contributed by atoms with van der Waals surface area (Å²) in [5.41, 5.74) is 4.72. The molecular formula is C33H47BrN2O2S. The van der Waals surface area contributed by atoms with Gasteiger partial charge in [0.2, 0.25) is 5.51 Å². The van der Waals surface area contributed by atoms with Gasteiger partial charge in [-0.1, -0.05) is 114 Å². The Morgan fingerprint density at radius 2 is 1.33 bits per heavy atom. The highest BCUT2D eigenvalue weighted by molar-refractivity contribution is 7.07. The number of aromatic nitrogens is 1. The Hall–Kier alpha value is -2.18. The van der Waals surface area contributed by atoms with E-state index in [0.717, 1.165) is 31.0 Å². The Bertz CT molecular complexity index is 1010. The Morgan fingerprint density at radius 3 is 1.87 bits per heavy atom. The van der Waals surface area contributed by atoms with Crippen molar-refractivity contribution in [3.8, 4) is 5.75 Å². The molecule has 0 atom stereocenters. The molecule has 1 N–H and O–H groups in total.